The standard InChI is InChI=1S/C11H15NO5/c13-7-12-5-6-17-11(16)9-4-2-1-3-8(9)10(14)15/h8-9H,1-6H2,(H,14,15). The first kappa shape index (κ1) is 13.4. The highest BCUT2D eigenvalue weighted by molar-refractivity contribution is 5.81. The molecule has 1 aliphatic rings. The van der Waals surface area contributed by atoms with Crippen molar-refractivity contribution in [1.29, 1.82) is 0 Å². The summed E-state index contributed by atoms with van der Waals surface area (Å²) in [6.45, 7) is 0.0661. The molecule has 0 aromatic carbocycles. The van der Waals surface area contributed by atoms with Gasteiger partial charge in [0.1, 0.15) is 6.61 Å². The van der Waals surface area contributed by atoms with E-state index in [4.69, 9.17) is 9.84 Å². The second-order valence-electron chi connectivity index (χ2n) is 3.98. The Bertz CT molecular complexity index is 335. The van der Waals surface area contributed by atoms with Crippen LogP contribution in [-0.2, 0) is 19.1 Å². The molecule has 1 rings (SSSR count). The molecule has 1 saturated carbocycles. The van der Waals surface area contributed by atoms with Crippen LogP contribution >= 0.6 is 0 Å². The van der Waals surface area contributed by atoms with Crippen molar-refractivity contribution in [2.24, 2.45) is 16.8 Å². The van der Waals surface area contributed by atoms with E-state index in [0.29, 0.717) is 12.8 Å². The highest BCUT2D eigenvalue weighted by atomic mass is 16.5. The largest absolute Gasteiger partial charge is 0.481 e. The van der Waals surface area contributed by atoms with Gasteiger partial charge in [-0.25, -0.2) is 9.79 Å². The lowest BCUT2D eigenvalue weighted by atomic mass is 9.79. The Kier molecular flexibility index (Phi) is 5.36. The van der Waals surface area contributed by atoms with Crippen molar-refractivity contribution in [3.8, 4) is 0 Å². The fraction of sp³-hybridized carbons (Fsp3) is 0.727. The number of nitrogens with zero attached hydrogens (tertiary/aromatic N) is 1. The molecule has 0 saturated heterocycles. The zero-order valence-electron chi connectivity index (χ0n) is 9.42. The van der Waals surface area contributed by atoms with E-state index in [1.165, 1.54) is 6.08 Å². The first-order chi connectivity index (χ1) is 8.16. The van der Waals surface area contributed by atoms with E-state index in [-0.39, 0.29) is 13.2 Å². The smallest absolute Gasteiger partial charge is 0.309 e. The lowest BCUT2D eigenvalue weighted by Crippen LogP contribution is -2.34. The number of hydrogen-bond donors (Lipinski definition) is 1. The number of esters is 1. The summed E-state index contributed by atoms with van der Waals surface area (Å²) >= 11 is 0. The van der Waals surface area contributed by atoms with E-state index in [2.05, 4.69) is 4.99 Å². The van der Waals surface area contributed by atoms with Crippen LogP contribution in [0.15, 0.2) is 4.99 Å². The van der Waals surface area contributed by atoms with Crippen molar-refractivity contribution in [3.05, 3.63) is 0 Å². The van der Waals surface area contributed by atoms with Gasteiger partial charge in [0.05, 0.1) is 18.4 Å². The van der Waals surface area contributed by atoms with Gasteiger partial charge in [0.25, 0.3) is 0 Å². The summed E-state index contributed by atoms with van der Waals surface area (Å²) in [6.07, 6.45) is 4.07. The van der Waals surface area contributed by atoms with Crippen molar-refractivity contribution in [2.75, 3.05) is 13.2 Å². The molecule has 0 aromatic rings. The van der Waals surface area contributed by atoms with Gasteiger partial charge in [0, 0.05) is 0 Å². The Morgan fingerprint density at radius 2 is 1.94 bits per heavy atom. The molecule has 2 unspecified atom stereocenters. The van der Waals surface area contributed by atoms with Gasteiger partial charge in [-0.05, 0) is 12.8 Å². The maximum atomic E-state index is 11.7. The van der Waals surface area contributed by atoms with Crippen LogP contribution in [-0.4, -0.2) is 36.3 Å². The third kappa shape index (κ3) is 4.00. The maximum Gasteiger partial charge on any atom is 0.309 e. The van der Waals surface area contributed by atoms with E-state index in [0.717, 1.165) is 12.8 Å². The summed E-state index contributed by atoms with van der Waals surface area (Å²) in [7, 11) is 0. The molecular formula is C11H15NO5. The summed E-state index contributed by atoms with van der Waals surface area (Å²) in [6, 6.07) is 0. The third-order valence-corrected chi connectivity index (χ3v) is 2.90. The Hall–Kier alpha value is -1.68. The normalized spacial score (nSPS) is 23.5. The first-order valence-corrected chi connectivity index (χ1v) is 5.60. The molecule has 0 aromatic heterocycles. The molecule has 1 N–H and O–H groups in total. The predicted octanol–water partition coefficient (Wildman–Crippen LogP) is 0.756. The Balaban J connectivity index is 2.47. The number of hydrogen-bond acceptors (Lipinski definition) is 5. The molecule has 1 aliphatic carbocycles. The number of carboxylic acids is 1. The molecule has 17 heavy (non-hydrogen) atoms. The van der Waals surface area contributed by atoms with Crippen molar-refractivity contribution >= 4 is 18.0 Å². The van der Waals surface area contributed by atoms with Gasteiger partial charge in [-0.1, -0.05) is 12.8 Å². The molecule has 94 valence electrons. The molecule has 0 amide bonds. The molecule has 0 heterocycles. The summed E-state index contributed by atoms with van der Waals surface area (Å²) in [5.74, 6) is -2.66. The van der Waals surface area contributed by atoms with Crippen LogP contribution < -0.4 is 0 Å². The molecule has 0 aliphatic heterocycles. The number of carbonyl (C=O) groups is 2. The number of aliphatic carboxylic acids is 1. The molecule has 0 spiro atoms. The summed E-state index contributed by atoms with van der Waals surface area (Å²) in [5.41, 5.74) is 0. The van der Waals surface area contributed by atoms with E-state index in [1.807, 2.05) is 0 Å². The van der Waals surface area contributed by atoms with Crippen LogP contribution in [0.1, 0.15) is 25.7 Å². The van der Waals surface area contributed by atoms with Gasteiger partial charge in [-0.15, -0.1) is 0 Å². The Morgan fingerprint density at radius 1 is 1.29 bits per heavy atom. The minimum atomic E-state index is -0.947. The topological polar surface area (TPSA) is 93.0 Å². The third-order valence-electron chi connectivity index (χ3n) is 2.90. The molecule has 0 radical (unpaired) electrons. The Labute approximate surface area is 98.7 Å². The number of isocyanates is 1. The number of ether oxygens (including phenoxy) is 1. The number of aliphatic imine (C=N–C) groups is 1. The number of carboxylic acid groups (broad SMARTS) is 1. The van der Waals surface area contributed by atoms with Gasteiger partial charge in [0.15, 0.2) is 0 Å². The summed E-state index contributed by atoms with van der Waals surface area (Å²) in [4.78, 5) is 35.6. The van der Waals surface area contributed by atoms with Gasteiger partial charge in [0.2, 0.25) is 6.08 Å². The van der Waals surface area contributed by atoms with Gasteiger partial charge < -0.3 is 9.84 Å². The van der Waals surface area contributed by atoms with Gasteiger partial charge in [-0.2, -0.15) is 0 Å². The zero-order chi connectivity index (χ0) is 12.7. The fourth-order valence-corrected chi connectivity index (χ4v) is 2.05. The molecule has 1 fully saturated rings. The van der Waals surface area contributed by atoms with Crippen molar-refractivity contribution in [2.45, 2.75) is 25.7 Å². The molecule has 2 atom stereocenters. The van der Waals surface area contributed by atoms with Crippen LogP contribution in [0.4, 0.5) is 0 Å². The van der Waals surface area contributed by atoms with Gasteiger partial charge in [-0.3, -0.25) is 9.59 Å². The fourth-order valence-electron chi connectivity index (χ4n) is 2.05. The maximum absolute atomic E-state index is 11.7. The van der Waals surface area contributed by atoms with Crippen molar-refractivity contribution in [1.82, 2.24) is 0 Å². The van der Waals surface area contributed by atoms with Crippen molar-refractivity contribution in [3.63, 3.8) is 0 Å². The van der Waals surface area contributed by atoms with E-state index in [9.17, 15) is 14.4 Å². The quantitative estimate of drug-likeness (QED) is 0.332. The van der Waals surface area contributed by atoms with Crippen molar-refractivity contribution < 1.29 is 24.2 Å². The summed E-state index contributed by atoms with van der Waals surface area (Å²) < 4.78 is 4.89. The average Bonchev–Trinajstić information content (AvgIpc) is 2.34. The van der Waals surface area contributed by atoms with E-state index < -0.39 is 23.8 Å². The lowest BCUT2D eigenvalue weighted by Gasteiger charge is -2.26. The SMILES string of the molecule is O=C=NCCOC(=O)C1CCCCC1C(=O)O. The van der Waals surface area contributed by atoms with Crippen LogP contribution in [0, 0.1) is 11.8 Å². The van der Waals surface area contributed by atoms with Crippen LogP contribution in [0.25, 0.3) is 0 Å². The highest BCUT2D eigenvalue weighted by Crippen LogP contribution is 2.31. The van der Waals surface area contributed by atoms with E-state index in [1.54, 1.807) is 0 Å². The van der Waals surface area contributed by atoms with Crippen LogP contribution in [0.3, 0.4) is 0 Å². The number of rotatable bonds is 5. The average molecular weight is 241 g/mol. The first-order valence-electron chi connectivity index (χ1n) is 5.60. The molecule has 6 nitrogen and oxygen atoms in total. The van der Waals surface area contributed by atoms with Crippen LogP contribution in [0.5, 0.6) is 0 Å². The van der Waals surface area contributed by atoms with Crippen LogP contribution in [0.2, 0.25) is 0 Å². The summed E-state index contributed by atoms with van der Waals surface area (Å²) in [5, 5.41) is 8.99. The molecule has 6 heteroatoms. The number of carbonyl (C=O) groups excluding carboxylic acids is 2. The monoisotopic (exact) mass is 241 g/mol. The Morgan fingerprint density at radius 3 is 2.53 bits per heavy atom. The van der Waals surface area contributed by atoms with E-state index >= 15 is 0 Å². The van der Waals surface area contributed by atoms with Gasteiger partial charge >= 0.3 is 11.9 Å². The highest BCUT2D eigenvalue weighted by Gasteiger charge is 2.36. The zero-order valence-corrected chi connectivity index (χ0v) is 9.42. The second kappa shape index (κ2) is 6.81. The second-order valence-corrected chi connectivity index (χ2v) is 3.98. The molecular weight excluding hydrogens is 226 g/mol. The molecule has 0 bridgehead atoms. The lowest BCUT2D eigenvalue weighted by molar-refractivity contribution is -0.159. The minimum absolute atomic E-state index is 0.00306. The minimum Gasteiger partial charge on any atom is -0.481 e. The predicted molar refractivity (Wildman–Crippen MR) is 57.0 cm³/mol.